The second-order valence-corrected chi connectivity index (χ2v) is 45.9. The zero-order valence-corrected chi connectivity index (χ0v) is 87.3. The van der Waals surface area contributed by atoms with Crippen LogP contribution in [0.25, 0.3) is 0 Å². The molecule has 5 aromatic rings. The van der Waals surface area contributed by atoms with Crippen LogP contribution in [0.3, 0.4) is 0 Å². The standard InChI is InChI=1S/C17H27N2O11PS.4C16H24N3O9P/c1-17(2,9-21)15(24)32-6-5-28-31(26,27)29-8-11-10(7-20)13(23)14(30-11)19-4-3-12(22)18-16(19)25;4*1-8(2)27-15(22)9(3)18-29(24)25-6-10-11(7-26-29)28-14(13(10)21)19-5-4-12(20)17-16(19)23/h3-4,10-11,13-14,20-21,23H,5-9H2,1-2H3,(H,26,27)(H,18,22,25);4*4-5,8-11,13-14,21H,6-7H2,1-3H3,(H,18,24)(H,17,20,23)/t10-,11-,13-,14-;9-,10+,11+,13+,14+,29+;9-,10+,11+,13+,14+,29-;9-,10-,11-,13-,14-,29+;9-,10-,11-,13-,14-,29-/m10011/s1. The number of esters is 4. The lowest BCUT2D eigenvalue weighted by molar-refractivity contribution is -0.150. The molecule has 9 saturated heterocycles. The Bertz CT molecular complexity index is 5740. The Kier molecular flexibility index (Phi) is 42.9. The SMILES string of the molecule is CC(C)(CO)C(=O)SCCOP(=O)(O)OC[C@H]1O[C@@H](n2ccc(=O)[nH]c2=O)[C@H](O)[C@@H]1CO.CC(C)OC(=O)[C@@H](C)N[P@@]1(=O)OC[C@H]2[C@@H](O)[C@H](n3ccc(=O)[nH]c3=O)O[C@@H]2CO1.CC(C)OC(=O)[C@@H](C)N[P@]1(=O)OC[C@H]2[C@@H](O)[C@H](n3ccc(=O)[nH]c3=O)O[C@@H]2CO1.CC(C)OC(=O)[C@H](C)N[P@@]1(=O)OC[C@H]2[C@@H](O)[C@H](n3ccc(=O)[nH]c3=O)O[C@@H]2CO1.CC(C)OC(=O)[C@H](C)N[P@]1(=O)OC[C@H]2[C@@H](O)[C@H](n3ccc(=O)[nH]c3=O)O[C@@H]2CO1. The van der Waals surface area contributed by atoms with Gasteiger partial charge in [0.05, 0.1) is 140 Å². The van der Waals surface area contributed by atoms with Gasteiger partial charge in [0.2, 0.25) is 0 Å². The summed E-state index contributed by atoms with van der Waals surface area (Å²) in [5.41, 5.74) is -7.65. The molecule has 61 nitrogen and oxygen atoms in total. The van der Waals surface area contributed by atoms with Gasteiger partial charge in [-0.15, -0.1) is 0 Å². The van der Waals surface area contributed by atoms with Crippen molar-refractivity contribution in [3.8, 4) is 0 Å². The number of nitrogens with zero attached hydrogens (tertiary/aromatic N) is 5. The molecule has 14 rings (SSSR count). The van der Waals surface area contributed by atoms with Gasteiger partial charge in [-0.25, -0.2) is 67.1 Å². The van der Waals surface area contributed by atoms with Crippen molar-refractivity contribution in [2.75, 3.05) is 85.0 Å². The van der Waals surface area contributed by atoms with Gasteiger partial charge in [-0.1, -0.05) is 11.8 Å². The maximum Gasteiger partial charge on any atom is 0.472 e. The molecule has 0 aliphatic carbocycles. The third-order valence-corrected chi connectivity index (χ3v) is 31.9. The molecule has 0 spiro atoms. The largest absolute Gasteiger partial charge is 0.472 e. The Labute approximate surface area is 842 Å². The van der Waals surface area contributed by atoms with Crippen molar-refractivity contribution in [3.63, 3.8) is 0 Å². The highest BCUT2D eigenvalue weighted by Gasteiger charge is 2.56. The number of aromatic nitrogens is 10. The molecule has 0 amide bonds. The van der Waals surface area contributed by atoms with E-state index in [0.29, 0.717) is 0 Å². The van der Waals surface area contributed by atoms with Crippen LogP contribution in [0, 0.1) is 35.0 Å². The normalized spacial score (nSPS) is 31.5. The lowest BCUT2D eigenvalue weighted by atomic mass is 9.97. The summed E-state index contributed by atoms with van der Waals surface area (Å²) in [5, 5.41) is 81.2. The molecule has 0 bridgehead atoms. The fourth-order valence-corrected chi connectivity index (χ4v) is 23.0. The Hall–Kier alpha value is -8.63. The summed E-state index contributed by atoms with van der Waals surface area (Å²) in [5.74, 6) is -5.92. The molecule has 830 valence electrons. The number of aliphatic hydroxyl groups excluding tert-OH is 7. The number of carbonyl (C=O) groups excluding carboxylic acids is 5. The number of nitrogens with one attached hydrogen (secondary N) is 9. The summed E-state index contributed by atoms with van der Waals surface area (Å²) in [6.45, 7) is 19.2. The van der Waals surface area contributed by atoms with E-state index in [1.54, 1.807) is 69.2 Å². The molecular weight excluding hydrogens is 2110 g/mol. The molecule has 0 aromatic carbocycles. The second-order valence-electron chi connectivity index (χ2n) is 36.3. The van der Waals surface area contributed by atoms with Gasteiger partial charge in [0, 0.05) is 96.7 Å². The summed E-state index contributed by atoms with van der Waals surface area (Å²) in [6.07, 6.45) is -10.9. The number of phosphoric ester groups is 1. The maximum atomic E-state index is 12.8. The molecule has 0 saturated carbocycles. The lowest BCUT2D eigenvalue weighted by Crippen LogP contribution is -2.37. The number of ether oxygens (including phenoxy) is 9. The topological polar surface area (TPSA) is 830 Å². The van der Waals surface area contributed by atoms with Crippen LogP contribution in [0.5, 0.6) is 0 Å². The summed E-state index contributed by atoms with van der Waals surface area (Å²) >= 11 is 0.837. The van der Waals surface area contributed by atoms with E-state index in [9.17, 15) is 130 Å². The number of aromatic amines is 5. The van der Waals surface area contributed by atoms with Gasteiger partial charge in [-0.3, -0.25) is 141 Å². The maximum absolute atomic E-state index is 12.8. The first-order valence-electron chi connectivity index (χ1n) is 46.0. The molecule has 9 aliphatic rings. The monoisotopic (exact) mass is 2230 g/mol. The highest BCUT2D eigenvalue weighted by Crippen LogP contribution is 2.55. The quantitative estimate of drug-likeness (QED) is 0.00899. The number of fused-ring (bicyclic) bond motifs is 4. The molecule has 1 unspecified atom stereocenters. The summed E-state index contributed by atoms with van der Waals surface area (Å²) in [7, 11) is -20.0. The van der Waals surface area contributed by atoms with Crippen molar-refractivity contribution in [2.45, 2.75) is 238 Å². The zero-order valence-electron chi connectivity index (χ0n) is 82.0. The number of hydrogen-bond acceptors (Lipinski definition) is 47. The average Bonchev–Trinajstić information content (AvgIpc) is 1.65. The Morgan fingerprint density at radius 3 is 0.858 bits per heavy atom. The zero-order chi connectivity index (χ0) is 109. The third kappa shape index (κ3) is 32.3. The van der Waals surface area contributed by atoms with E-state index in [1.807, 2.05) is 4.98 Å². The number of thioether (sulfide) groups is 1. The van der Waals surface area contributed by atoms with Gasteiger partial charge in [-0.05, 0) is 96.9 Å². The van der Waals surface area contributed by atoms with Gasteiger partial charge >= 0.3 is 91.1 Å². The summed E-state index contributed by atoms with van der Waals surface area (Å²) in [6, 6.07) is 1.80. The van der Waals surface area contributed by atoms with E-state index in [-0.39, 0.29) is 101 Å². The van der Waals surface area contributed by atoms with Gasteiger partial charge in [0.1, 0.15) is 54.7 Å². The first kappa shape index (κ1) is 121. The van der Waals surface area contributed by atoms with E-state index >= 15 is 0 Å². The highest BCUT2D eigenvalue weighted by molar-refractivity contribution is 8.13. The van der Waals surface area contributed by atoms with Crippen LogP contribution >= 0.6 is 50.6 Å². The molecule has 14 heterocycles. The van der Waals surface area contributed by atoms with Crippen molar-refractivity contribution in [1.82, 2.24) is 68.1 Å². The number of hydrogen-bond donors (Lipinski definition) is 17. The van der Waals surface area contributed by atoms with E-state index in [0.717, 1.165) is 71.1 Å². The van der Waals surface area contributed by atoms with Gasteiger partial charge in [0.15, 0.2) is 36.3 Å². The van der Waals surface area contributed by atoms with E-state index in [1.165, 1.54) is 52.5 Å². The summed E-state index contributed by atoms with van der Waals surface area (Å²) < 4.78 is 170. The molecule has 9 fully saturated rings. The molecule has 0 radical (unpaired) electrons. The van der Waals surface area contributed by atoms with E-state index < -0.39 is 283 Å². The predicted molar refractivity (Wildman–Crippen MR) is 504 cm³/mol. The first-order valence-corrected chi connectivity index (χ1v) is 54.7. The summed E-state index contributed by atoms with van der Waals surface area (Å²) in [4.78, 5) is 196. The number of phosphoric acid groups is 1. The fourth-order valence-electron chi connectivity index (χ4n) is 15.2. The van der Waals surface area contributed by atoms with Crippen molar-refractivity contribution in [3.05, 3.63) is 166 Å². The number of carbonyl (C=O) groups is 5. The van der Waals surface area contributed by atoms with Crippen LogP contribution in [-0.2, 0) is 135 Å². The Balaban J connectivity index is 0.000000189. The molecular formula is C81H123N14O47P5S. The minimum absolute atomic E-state index is 0.0469. The van der Waals surface area contributed by atoms with Gasteiger partial charge in [-0.2, -0.15) is 0 Å². The van der Waals surface area contributed by atoms with Crippen LogP contribution in [0.1, 0.15) is 128 Å². The Morgan fingerprint density at radius 1 is 0.399 bits per heavy atom. The predicted octanol–water partition coefficient (Wildman–Crippen LogP) is -3.20. The van der Waals surface area contributed by atoms with Crippen molar-refractivity contribution in [2.24, 2.45) is 35.0 Å². The van der Waals surface area contributed by atoms with E-state index in [2.05, 4.69) is 40.3 Å². The smallest absolute Gasteiger partial charge is 0.462 e. The number of aliphatic hydroxyl groups is 7. The second kappa shape index (κ2) is 52.3. The van der Waals surface area contributed by atoms with Crippen molar-refractivity contribution >= 4 is 79.6 Å². The van der Waals surface area contributed by atoms with Crippen LogP contribution < -0.4 is 76.6 Å². The molecule has 17 N–H and O–H groups in total. The Morgan fingerprint density at radius 2 is 0.635 bits per heavy atom. The minimum Gasteiger partial charge on any atom is -0.462 e. The molecule has 5 aromatic heterocycles. The van der Waals surface area contributed by atoms with Gasteiger partial charge < -0.3 is 83.3 Å². The van der Waals surface area contributed by atoms with Crippen LogP contribution in [0.2, 0.25) is 0 Å². The molecule has 29 atom stereocenters. The number of rotatable bonds is 31. The minimum atomic E-state index is -4.55. The van der Waals surface area contributed by atoms with Crippen LogP contribution in [0.15, 0.2) is 109 Å². The third-order valence-electron chi connectivity index (χ3n) is 23.0. The van der Waals surface area contributed by atoms with Crippen molar-refractivity contribution in [1.29, 1.82) is 0 Å². The van der Waals surface area contributed by atoms with Crippen LogP contribution in [-0.4, -0.2) is 312 Å². The first-order chi connectivity index (χ1) is 69.3. The van der Waals surface area contributed by atoms with Crippen LogP contribution in [0.4, 0.5) is 0 Å². The average molecular weight is 2230 g/mol. The molecule has 148 heavy (non-hydrogen) atoms. The highest BCUT2D eigenvalue weighted by atomic mass is 32.2. The van der Waals surface area contributed by atoms with Gasteiger partial charge in [0.25, 0.3) is 27.8 Å². The molecule has 9 aliphatic heterocycles. The lowest BCUT2D eigenvalue weighted by Gasteiger charge is -2.23. The fraction of sp³-hybridized carbons (Fsp3) is 0.691. The molecule has 67 heteroatoms. The number of H-pyrrole nitrogens is 5. The van der Waals surface area contributed by atoms with Crippen molar-refractivity contribution < 1.29 is 175 Å². The van der Waals surface area contributed by atoms with E-state index in [4.69, 9.17) is 93.0 Å².